The maximum Gasteiger partial charge on any atom is 0.246 e. The summed E-state index contributed by atoms with van der Waals surface area (Å²) in [5.41, 5.74) is 7.26. The lowest BCUT2D eigenvalue weighted by Gasteiger charge is -2.13. The molecule has 12 nitrogen and oxygen atoms in total. The molecule has 0 saturated carbocycles. The minimum absolute atomic E-state index is 0.0132. The van der Waals surface area contributed by atoms with Gasteiger partial charge in [-0.25, -0.2) is 0 Å². The van der Waals surface area contributed by atoms with Crippen molar-refractivity contribution in [2.45, 2.75) is 78.1 Å². The van der Waals surface area contributed by atoms with Gasteiger partial charge in [0.25, 0.3) is 0 Å². The van der Waals surface area contributed by atoms with Crippen molar-refractivity contribution in [3.8, 4) is 0 Å². The van der Waals surface area contributed by atoms with Gasteiger partial charge in [-0.1, -0.05) is 42.7 Å². The first-order valence-electron chi connectivity index (χ1n) is 16.1. The quantitative estimate of drug-likeness (QED) is 0.0931. The van der Waals surface area contributed by atoms with Crippen LogP contribution >= 0.6 is 0 Å². The van der Waals surface area contributed by atoms with Crippen LogP contribution in [-0.4, -0.2) is 94.3 Å². The van der Waals surface area contributed by atoms with Gasteiger partial charge in [0.15, 0.2) is 17.3 Å². The predicted molar refractivity (Wildman–Crippen MR) is 171 cm³/mol. The number of carbonyl (C=O) groups is 6. The lowest BCUT2D eigenvalue weighted by molar-refractivity contribution is -0.130. The van der Waals surface area contributed by atoms with Gasteiger partial charge in [-0.2, -0.15) is 0 Å². The molecule has 1 unspecified atom stereocenters. The number of benzene rings is 1. The monoisotopic (exact) mass is 648 g/mol. The van der Waals surface area contributed by atoms with Crippen LogP contribution in [-0.2, 0) is 42.9 Å². The van der Waals surface area contributed by atoms with Crippen molar-refractivity contribution >= 4 is 34.9 Å². The zero-order valence-electron chi connectivity index (χ0n) is 27.5. The number of carbonyl (C=O) groups excluding carboxylic acids is 6. The maximum atomic E-state index is 12.3. The molecule has 258 valence electrons. The zero-order chi connectivity index (χ0) is 34.0. The number of unbranched alkanes of at least 4 members (excludes halogenated alkanes) is 2. The van der Waals surface area contributed by atoms with E-state index in [1.165, 1.54) is 0 Å². The first-order valence-corrected chi connectivity index (χ1v) is 16.1. The number of hydrogen-bond acceptors (Lipinski definition) is 10. The largest absolute Gasteiger partial charge is 0.379 e. The van der Waals surface area contributed by atoms with Crippen molar-refractivity contribution < 1.29 is 47.7 Å². The second-order valence-corrected chi connectivity index (χ2v) is 11.3. The van der Waals surface area contributed by atoms with Crippen molar-refractivity contribution in [3.05, 3.63) is 35.4 Å². The van der Waals surface area contributed by atoms with E-state index in [4.69, 9.17) is 24.7 Å². The van der Waals surface area contributed by atoms with E-state index in [0.717, 1.165) is 12.0 Å². The minimum Gasteiger partial charge on any atom is -0.379 e. The molecule has 2 amide bonds. The Balaban J connectivity index is 2.01. The van der Waals surface area contributed by atoms with Crippen molar-refractivity contribution in [1.29, 1.82) is 0 Å². The molecule has 1 rings (SSSR count). The SMILES string of the molecule is CC(=O)CCCOCCOCC(=O)CCCOCCOCC(=O)NCC(=O)CC(CCCCCC(=O)c1ccc(C)cc1)C(N)=O. The third-order valence-electron chi connectivity index (χ3n) is 6.99. The fraction of sp³-hybridized carbons (Fsp3) is 0.647. The first kappa shape index (κ1) is 40.7. The van der Waals surface area contributed by atoms with Crippen molar-refractivity contribution in [3.63, 3.8) is 0 Å². The molecule has 0 aliphatic rings. The van der Waals surface area contributed by atoms with E-state index in [-0.39, 0.29) is 62.5 Å². The molecule has 0 spiro atoms. The molecule has 12 heteroatoms. The summed E-state index contributed by atoms with van der Waals surface area (Å²) in [5, 5.41) is 2.48. The van der Waals surface area contributed by atoms with Gasteiger partial charge in [0, 0.05) is 50.4 Å². The van der Waals surface area contributed by atoms with Gasteiger partial charge < -0.3 is 34.8 Å². The van der Waals surface area contributed by atoms with E-state index in [1.54, 1.807) is 6.92 Å². The number of Topliss-reactive ketones (excluding diaryl/α,β-unsaturated/α-hetero) is 4. The summed E-state index contributed by atoms with van der Waals surface area (Å²) in [6.45, 7) is 5.02. The van der Waals surface area contributed by atoms with Crippen molar-refractivity contribution in [2.75, 3.05) is 59.4 Å². The molecule has 46 heavy (non-hydrogen) atoms. The average molecular weight is 649 g/mol. The highest BCUT2D eigenvalue weighted by molar-refractivity contribution is 5.96. The van der Waals surface area contributed by atoms with E-state index < -0.39 is 17.7 Å². The second kappa shape index (κ2) is 25.8. The second-order valence-electron chi connectivity index (χ2n) is 11.3. The Hall–Kier alpha value is -3.32. The summed E-state index contributed by atoms with van der Waals surface area (Å²) >= 11 is 0. The Morgan fingerprint density at radius 3 is 1.93 bits per heavy atom. The molecule has 0 aromatic heterocycles. The molecule has 0 saturated heterocycles. The Kier molecular flexibility index (Phi) is 22.9. The van der Waals surface area contributed by atoms with Gasteiger partial charge in [-0.3, -0.25) is 24.0 Å². The zero-order valence-corrected chi connectivity index (χ0v) is 27.5. The van der Waals surface area contributed by atoms with Crippen LogP contribution in [0.4, 0.5) is 0 Å². The normalized spacial score (nSPS) is 11.6. The molecular formula is C34H52N2O10. The highest BCUT2D eigenvalue weighted by Crippen LogP contribution is 2.16. The molecule has 0 aliphatic heterocycles. The van der Waals surface area contributed by atoms with E-state index in [2.05, 4.69) is 5.32 Å². The van der Waals surface area contributed by atoms with Crippen LogP contribution in [0.15, 0.2) is 24.3 Å². The summed E-state index contributed by atoms with van der Waals surface area (Å²) in [7, 11) is 0. The summed E-state index contributed by atoms with van der Waals surface area (Å²) in [6.07, 6.45) is 4.93. The molecule has 0 heterocycles. The Bertz CT molecular complexity index is 1070. The van der Waals surface area contributed by atoms with Gasteiger partial charge >= 0.3 is 0 Å². The third kappa shape index (κ3) is 22.2. The third-order valence-corrected chi connectivity index (χ3v) is 6.99. The highest BCUT2D eigenvalue weighted by Gasteiger charge is 2.19. The minimum atomic E-state index is -0.622. The fourth-order valence-corrected chi connectivity index (χ4v) is 4.33. The number of primary amides is 1. The Morgan fingerprint density at radius 2 is 1.30 bits per heavy atom. The molecule has 0 bridgehead atoms. The number of ketones is 4. The standard InChI is InChI=1S/C34H52N2O10/c1-26-12-14-28(15-13-26)32(40)11-5-3-4-9-29(34(35)42)22-31(39)23-36-33(41)25-46-21-19-44-17-7-10-30(38)24-45-20-18-43-16-6-8-27(2)37/h12-15,29H,3-11,16-25H2,1-2H3,(H2,35,42)(H,36,41). The number of amides is 2. The summed E-state index contributed by atoms with van der Waals surface area (Å²) in [4.78, 5) is 71.0. The lowest BCUT2D eigenvalue weighted by atomic mass is 9.94. The van der Waals surface area contributed by atoms with E-state index in [1.807, 2.05) is 31.2 Å². The maximum absolute atomic E-state index is 12.3. The number of nitrogens with two attached hydrogens (primary N) is 1. The van der Waals surface area contributed by atoms with E-state index >= 15 is 0 Å². The van der Waals surface area contributed by atoms with E-state index in [9.17, 15) is 28.8 Å². The van der Waals surface area contributed by atoms with Crippen LogP contribution in [0.1, 0.15) is 87.1 Å². The predicted octanol–water partition coefficient (Wildman–Crippen LogP) is 3.09. The molecule has 0 aliphatic carbocycles. The number of aryl methyl sites for hydroxylation is 1. The van der Waals surface area contributed by atoms with Crippen LogP contribution in [0.5, 0.6) is 0 Å². The van der Waals surface area contributed by atoms with Crippen LogP contribution in [0.3, 0.4) is 0 Å². The van der Waals surface area contributed by atoms with Crippen LogP contribution < -0.4 is 11.1 Å². The van der Waals surface area contributed by atoms with Crippen LogP contribution in [0.2, 0.25) is 0 Å². The van der Waals surface area contributed by atoms with Gasteiger partial charge in [-0.05, 0) is 39.5 Å². The molecule has 1 aromatic carbocycles. The smallest absolute Gasteiger partial charge is 0.246 e. The Labute approximate surface area is 272 Å². The molecule has 0 radical (unpaired) electrons. The molecule has 1 atom stereocenters. The summed E-state index contributed by atoms with van der Waals surface area (Å²) in [5.74, 6) is -1.77. The van der Waals surface area contributed by atoms with Gasteiger partial charge in [0.05, 0.1) is 33.0 Å². The fourth-order valence-electron chi connectivity index (χ4n) is 4.33. The summed E-state index contributed by atoms with van der Waals surface area (Å²) in [6, 6.07) is 7.46. The van der Waals surface area contributed by atoms with Gasteiger partial charge in [0.2, 0.25) is 11.8 Å². The molecule has 3 N–H and O–H groups in total. The average Bonchev–Trinajstić information content (AvgIpc) is 3.01. The molecule has 1 aromatic rings. The van der Waals surface area contributed by atoms with Crippen molar-refractivity contribution in [2.24, 2.45) is 11.7 Å². The van der Waals surface area contributed by atoms with Crippen LogP contribution in [0.25, 0.3) is 0 Å². The number of ether oxygens (including phenoxy) is 4. The Morgan fingerprint density at radius 1 is 0.696 bits per heavy atom. The molecular weight excluding hydrogens is 596 g/mol. The van der Waals surface area contributed by atoms with Crippen molar-refractivity contribution in [1.82, 2.24) is 5.32 Å². The lowest BCUT2D eigenvalue weighted by Crippen LogP contribution is -2.35. The van der Waals surface area contributed by atoms with Gasteiger partial charge in [0.1, 0.15) is 19.0 Å². The van der Waals surface area contributed by atoms with Crippen LogP contribution in [0, 0.1) is 12.8 Å². The topological polar surface area (TPSA) is 177 Å². The first-order chi connectivity index (χ1) is 22.1. The van der Waals surface area contributed by atoms with E-state index in [0.29, 0.717) is 83.4 Å². The number of nitrogens with one attached hydrogen (secondary N) is 1. The molecule has 0 fully saturated rings. The van der Waals surface area contributed by atoms with Gasteiger partial charge in [-0.15, -0.1) is 0 Å². The highest BCUT2D eigenvalue weighted by atomic mass is 16.5. The summed E-state index contributed by atoms with van der Waals surface area (Å²) < 4.78 is 21.2. The number of hydrogen-bond donors (Lipinski definition) is 2. The number of rotatable bonds is 30.